The van der Waals surface area contributed by atoms with Crippen LogP contribution in [0.1, 0.15) is 32.4 Å². The number of hydrogen-bond acceptors (Lipinski definition) is 2. The molecule has 3 unspecified atom stereocenters. The Morgan fingerprint density at radius 2 is 2.29 bits per heavy atom. The first kappa shape index (κ1) is 14.7. The van der Waals surface area contributed by atoms with Crippen LogP contribution in [0.3, 0.4) is 0 Å². The molecule has 21 heavy (non-hydrogen) atoms. The largest absolute Gasteiger partial charge is 0.466 e. The van der Waals surface area contributed by atoms with Crippen molar-refractivity contribution in [2.45, 2.75) is 32.5 Å². The number of nitrogens with zero attached hydrogens (tertiary/aromatic N) is 1. The fraction of sp³-hybridized carbons (Fsp3) is 0.438. The molecule has 0 saturated carbocycles. The van der Waals surface area contributed by atoms with Gasteiger partial charge in [-0.3, -0.25) is 0 Å². The first-order valence-electron chi connectivity index (χ1n) is 7.04. The molecular formula is C16H19ClN2OS. The molecule has 0 aliphatic carbocycles. The number of fused-ring (bicyclic) bond motifs is 4. The summed E-state index contributed by atoms with van der Waals surface area (Å²) in [5.41, 5.74) is 1.59. The van der Waals surface area contributed by atoms with E-state index in [2.05, 4.69) is 30.6 Å². The Morgan fingerprint density at radius 3 is 2.95 bits per heavy atom. The maximum Gasteiger partial charge on any atom is 0.187 e. The van der Waals surface area contributed by atoms with Crippen LogP contribution in [-0.2, 0) is 0 Å². The molecule has 1 N–H and O–H groups in total. The van der Waals surface area contributed by atoms with Gasteiger partial charge >= 0.3 is 0 Å². The highest BCUT2D eigenvalue weighted by Gasteiger charge is 2.53. The van der Waals surface area contributed by atoms with Gasteiger partial charge < -0.3 is 15.0 Å². The average molecular weight is 323 g/mol. The average Bonchev–Trinajstić information content (AvgIpc) is 2.40. The molecule has 0 amide bonds. The fourth-order valence-corrected chi connectivity index (χ4v) is 3.76. The normalized spacial score (nSPS) is 30.3. The zero-order valence-corrected chi connectivity index (χ0v) is 14.0. The number of rotatable bonds is 2. The third-order valence-corrected chi connectivity index (χ3v) is 5.11. The van der Waals surface area contributed by atoms with Crippen LogP contribution in [0.4, 0.5) is 0 Å². The molecule has 0 radical (unpaired) electrons. The second-order valence-corrected chi connectivity index (χ2v) is 6.87. The second-order valence-electron chi connectivity index (χ2n) is 6.07. The van der Waals surface area contributed by atoms with Crippen molar-refractivity contribution in [3.63, 3.8) is 0 Å². The van der Waals surface area contributed by atoms with Gasteiger partial charge in [0.05, 0.1) is 11.1 Å². The van der Waals surface area contributed by atoms with E-state index >= 15 is 0 Å². The van der Waals surface area contributed by atoms with E-state index < -0.39 is 5.72 Å². The molecule has 2 heterocycles. The smallest absolute Gasteiger partial charge is 0.187 e. The fourth-order valence-electron chi connectivity index (χ4n) is 3.17. The van der Waals surface area contributed by atoms with Gasteiger partial charge in [0.15, 0.2) is 10.8 Å². The summed E-state index contributed by atoms with van der Waals surface area (Å²) in [6.45, 7) is 10.9. The first-order valence-corrected chi connectivity index (χ1v) is 7.83. The van der Waals surface area contributed by atoms with Crippen molar-refractivity contribution in [2.75, 3.05) is 6.54 Å². The highest BCUT2D eigenvalue weighted by molar-refractivity contribution is 7.80. The summed E-state index contributed by atoms with van der Waals surface area (Å²) in [5.74, 6) is 0.987. The molecular weight excluding hydrogens is 304 g/mol. The van der Waals surface area contributed by atoms with Crippen molar-refractivity contribution >= 4 is 28.9 Å². The molecule has 1 aromatic rings. The van der Waals surface area contributed by atoms with E-state index in [1.165, 1.54) is 0 Å². The van der Waals surface area contributed by atoms with Crippen molar-refractivity contribution in [3.05, 3.63) is 40.9 Å². The molecule has 5 heteroatoms. The van der Waals surface area contributed by atoms with Gasteiger partial charge in [-0.05, 0) is 32.1 Å². The molecule has 3 rings (SSSR count). The van der Waals surface area contributed by atoms with E-state index in [9.17, 15) is 0 Å². The van der Waals surface area contributed by atoms with Gasteiger partial charge in [0.2, 0.25) is 0 Å². The lowest BCUT2D eigenvalue weighted by atomic mass is 9.81. The minimum absolute atomic E-state index is 0.117. The summed E-state index contributed by atoms with van der Waals surface area (Å²) in [4.78, 5) is 2.07. The zero-order valence-electron chi connectivity index (χ0n) is 12.4. The van der Waals surface area contributed by atoms with Crippen LogP contribution < -0.4 is 10.1 Å². The quantitative estimate of drug-likeness (QED) is 0.659. The third-order valence-electron chi connectivity index (χ3n) is 4.47. The number of halogens is 1. The molecule has 3 nitrogen and oxygen atoms in total. The summed E-state index contributed by atoms with van der Waals surface area (Å²) >= 11 is 11.9. The minimum Gasteiger partial charge on any atom is -0.466 e. The van der Waals surface area contributed by atoms with E-state index in [1.807, 2.05) is 25.1 Å². The SMILES string of the molecule is C=C(C)CN1C(=S)NC2c3cccc(Cl)c3OC1(C)C2C. The van der Waals surface area contributed by atoms with E-state index in [0.29, 0.717) is 16.7 Å². The topological polar surface area (TPSA) is 24.5 Å². The van der Waals surface area contributed by atoms with Gasteiger partial charge in [-0.2, -0.15) is 0 Å². The standard InChI is InChI=1S/C16H19ClN2OS/c1-9(2)8-19-15(21)18-13-10(3)16(19,4)20-14-11(13)6-5-7-12(14)17/h5-7,10,13H,1,8H2,2-4H3,(H,18,21). The van der Waals surface area contributed by atoms with Crippen molar-refractivity contribution in [3.8, 4) is 5.75 Å². The summed E-state index contributed by atoms with van der Waals surface area (Å²) in [6, 6.07) is 5.97. The van der Waals surface area contributed by atoms with Gasteiger partial charge in [0, 0.05) is 18.0 Å². The maximum atomic E-state index is 6.34. The Labute approximate surface area is 135 Å². The van der Waals surface area contributed by atoms with Gasteiger partial charge in [0.25, 0.3) is 0 Å². The maximum absolute atomic E-state index is 6.34. The molecule has 2 bridgehead atoms. The zero-order chi connectivity index (χ0) is 15.4. The summed E-state index contributed by atoms with van der Waals surface area (Å²) in [6.07, 6.45) is 0. The molecule has 0 spiro atoms. The Hall–Kier alpha value is -1.26. The minimum atomic E-state index is -0.524. The van der Waals surface area contributed by atoms with Crippen LogP contribution in [0.15, 0.2) is 30.4 Å². The van der Waals surface area contributed by atoms with E-state index in [-0.39, 0.29) is 12.0 Å². The van der Waals surface area contributed by atoms with Crippen LogP contribution in [0, 0.1) is 5.92 Å². The number of hydrogen-bond donors (Lipinski definition) is 1. The van der Waals surface area contributed by atoms with Crippen LogP contribution in [-0.4, -0.2) is 22.3 Å². The van der Waals surface area contributed by atoms with Gasteiger partial charge in [0.1, 0.15) is 5.75 Å². The Morgan fingerprint density at radius 1 is 1.57 bits per heavy atom. The van der Waals surface area contributed by atoms with Crippen LogP contribution in [0.5, 0.6) is 5.75 Å². The predicted molar refractivity (Wildman–Crippen MR) is 89.6 cm³/mol. The molecule has 0 aromatic heterocycles. The van der Waals surface area contributed by atoms with Crippen molar-refractivity contribution < 1.29 is 4.74 Å². The molecule has 1 fully saturated rings. The Balaban J connectivity index is 2.12. The van der Waals surface area contributed by atoms with E-state index in [4.69, 9.17) is 28.6 Å². The number of nitrogens with one attached hydrogen (secondary N) is 1. The highest BCUT2D eigenvalue weighted by atomic mass is 35.5. The molecule has 3 atom stereocenters. The summed E-state index contributed by atoms with van der Waals surface area (Å²) < 4.78 is 6.34. The number of benzene rings is 1. The highest BCUT2D eigenvalue weighted by Crippen LogP contribution is 2.50. The van der Waals surface area contributed by atoms with Crippen molar-refractivity contribution in [2.24, 2.45) is 5.92 Å². The molecule has 2 aliphatic rings. The van der Waals surface area contributed by atoms with E-state index in [1.54, 1.807) is 0 Å². The molecule has 112 valence electrons. The lowest BCUT2D eigenvalue weighted by molar-refractivity contribution is -0.107. The Kier molecular flexibility index (Phi) is 3.41. The van der Waals surface area contributed by atoms with Gasteiger partial charge in [-0.25, -0.2) is 0 Å². The number of para-hydroxylation sites is 1. The van der Waals surface area contributed by atoms with Crippen LogP contribution >= 0.6 is 23.8 Å². The van der Waals surface area contributed by atoms with Crippen molar-refractivity contribution in [1.29, 1.82) is 0 Å². The third kappa shape index (κ3) is 2.12. The molecule has 2 aliphatic heterocycles. The van der Waals surface area contributed by atoms with Crippen LogP contribution in [0.25, 0.3) is 0 Å². The lowest BCUT2D eigenvalue weighted by Gasteiger charge is -2.56. The summed E-state index contributed by atoms with van der Waals surface area (Å²) in [5, 5.41) is 4.78. The van der Waals surface area contributed by atoms with Gasteiger partial charge in [-0.15, -0.1) is 0 Å². The van der Waals surface area contributed by atoms with E-state index in [0.717, 1.165) is 16.9 Å². The Bertz CT molecular complexity index is 633. The van der Waals surface area contributed by atoms with Gasteiger partial charge in [-0.1, -0.05) is 42.8 Å². The molecule has 1 saturated heterocycles. The number of thiocarbonyl (C=S) groups is 1. The van der Waals surface area contributed by atoms with Crippen LogP contribution in [0.2, 0.25) is 5.02 Å². The first-order chi connectivity index (χ1) is 9.84. The molecule has 1 aromatic carbocycles. The second kappa shape index (κ2) is 4.89. The summed E-state index contributed by atoms with van der Waals surface area (Å²) in [7, 11) is 0. The lowest BCUT2D eigenvalue weighted by Crippen LogP contribution is -2.69. The monoisotopic (exact) mass is 322 g/mol. The predicted octanol–water partition coefficient (Wildman–Crippen LogP) is 3.89. The number of ether oxygens (including phenoxy) is 1. The van der Waals surface area contributed by atoms with Crippen molar-refractivity contribution in [1.82, 2.24) is 10.2 Å².